The summed E-state index contributed by atoms with van der Waals surface area (Å²) in [6.45, 7) is -3.40. The van der Waals surface area contributed by atoms with E-state index < -0.39 is 96.4 Å². The fraction of sp³-hybridized carbons (Fsp3) is 0.318. The summed E-state index contributed by atoms with van der Waals surface area (Å²) >= 11 is 0. The third-order valence-corrected chi connectivity index (χ3v) is 5.11. The molecule has 0 aliphatic carbocycles. The molecule has 0 unspecified atom stereocenters. The van der Waals surface area contributed by atoms with E-state index in [0.29, 0.717) is 12.1 Å². The lowest BCUT2D eigenvalue weighted by Crippen LogP contribution is -2.60. The van der Waals surface area contributed by atoms with Gasteiger partial charge in [0.1, 0.15) is 6.42 Å². The maximum Gasteiger partial charge on any atom is 0.333 e. The van der Waals surface area contributed by atoms with Gasteiger partial charge in [-0.2, -0.15) is 0 Å². The number of nitrogens with zero attached hydrogens (tertiary/aromatic N) is 2. The average Bonchev–Trinajstić information content (AvgIpc) is 2.75. The van der Waals surface area contributed by atoms with Crippen molar-refractivity contribution in [2.24, 2.45) is 0 Å². The molecular weight excluding hydrogens is 492 g/mol. The van der Waals surface area contributed by atoms with E-state index in [9.17, 15) is 49.5 Å². The van der Waals surface area contributed by atoms with Crippen molar-refractivity contribution in [3.05, 3.63) is 70.8 Å². The third-order valence-electron chi connectivity index (χ3n) is 5.11. The Morgan fingerprint density at radius 2 is 1.03 bits per heavy atom. The molecule has 0 aromatic heterocycles. The van der Waals surface area contributed by atoms with E-state index >= 15 is 0 Å². The standard InChI is InChI=1S/C22H16F8N2O3/c23-14-5-1-3-12(18(14)25)8-21(27,28)10-31-16(33)7-17(34)32(20(31)35)11-22(29,30)9-13-4-2-6-15(24)19(13)26/h1-6H,7-11H2. The molecule has 188 valence electrons. The lowest BCUT2D eigenvalue weighted by atomic mass is 10.0. The summed E-state index contributed by atoms with van der Waals surface area (Å²) in [6, 6.07) is 3.23. The van der Waals surface area contributed by atoms with Crippen molar-refractivity contribution in [3.63, 3.8) is 0 Å². The van der Waals surface area contributed by atoms with E-state index in [4.69, 9.17) is 0 Å². The van der Waals surface area contributed by atoms with Crippen LogP contribution in [0, 0.1) is 23.3 Å². The van der Waals surface area contributed by atoms with Crippen molar-refractivity contribution in [2.75, 3.05) is 13.1 Å². The maximum atomic E-state index is 14.5. The van der Waals surface area contributed by atoms with Gasteiger partial charge in [-0.15, -0.1) is 0 Å². The Labute approximate surface area is 192 Å². The molecule has 0 spiro atoms. The van der Waals surface area contributed by atoms with Crippen LogP contribution >= 0.6 is 0 Å². The third kappa shape index (κ3) is 5.95. The Hall–Kier alpha value is -3.51. The molecule has 1 heterocycles. The zero-order valence-electron chi connectivity index (χ0n) is 17.6. The zero-order valence-corrected chi connectivity index (χ0v) is 17.6. The van der Waals surface area contributed by atoms with Crippen molar-refractivity contribution < 1.29 is 49.5 Å². The minimum atomic E-state index is -4.01. The molecule has 1 aliphatic heterocycles. The summed E-state index contributed by atoms with van der Waals surface area (Å²) in [5, 5.41) is 0. The highest BCUT2D eigenvalue weighted by atomic mass is 19.3. The molecule has 0 radical (unpaired) electrons. The number of carbonyl (C=O) groups excluding carboxylic acids is 3. The summed E-state index contributed by atoms with van der Waals surface area (Å²) in [4.78, 5) is 36.4. The van der Waals surface area contributed by atoms with Crippen molar-refractivity contribution in [2.45, 2.75) is 31.1 Å². The Balaban J connectivity index is 1.77. The van der Waals surface area contributed by atoms with Crippen LogP contribution in [0.5, 0.6) is 0 Å². The molecule has 0 bridgehead atoms. The number of alkyl halides is 4. The predicted molar refractivity (Wildman–Crippen MR) is 103 cm³/mol. The SMILES string of the molecule is O=C1CC(=O)N(CC(F)(F)Cc2cccc(F)c2F)C(=O)N1CC(F)(F)Cc1cccc(F)c1F. The Kier molecular flexibility index (Phi) is 7.18. The van der Waals surface area contributed by atoms with Gasteiger partial charge in [-0.25, -0.2) is 39.9 Å². The van der Waals surface area contributed by atoms with Crippen LogP contribution in [-0.2, 0) is 22.4 Å². The van der Waals surface area contributed by atoms with Gasteiger partial charge >= 0.3 is 6.03 Å². The van der Waals surface area contributed by atoms with Crippen molar-refractivity contribution in [1.29, 1.82) is 0 Å². The lowest BCUT2D eigenvalue weighted by molar-refractivity contribution is -0.149. The average molecular weight is 508 g/mol. The number of hydrogen-bond acceptors (Lipinski definition) is 3. The highest BCUT2D eigenvalue weighted by Crippen LogP contribution is 2.29. The first-order valence-corrected chi connectivity index (χ1v) is 9.97. The van der Waals surface area contributed by atoms with E-state index in [1.807, 2.05) is 0 Å². The van der Waals surface area contributed by atoms with Crippen LogP contribution in [0.4, 0.5) is 39.9 Å². The summed E-state index contributed by atoms with van der Waals surface area (Å²) < 4.78 is 112. The van der Waals surface area contributed by atoms with E-state index in [1.54, 1.807) is 0 Å². The maximum absolute atomic E-state index is 14.5. The van der Waals surface area contributed by atoms with Crippen molar-refractivity contribution in [3.8, 4) is 0 Å². The quantitative estimate of drug-likeness (QED) is 0.391. The summed E-state index contributed by atoms with van der Waals surface area (Å²) in [7, 11) is 0. The van der Waals surface area contributed by atoms with Crippen LogP contribution in [0.3, 0.4) is 0 Å². The number of rotatable bonds is 8. The van der Waals surface area contributed by atoms with Crippen molar-refractivity contribution >= 4 is 17.8 Å². The smallest absolute Gasteiger partial charge is 0.274 e. The number of urea groups is 1. The highest BCUT2D eigenvalue weighted by Gasteiger charge is 2.47. The lowest BCUT2D eigenvalue weighted by Gasteiger charge is -2.36. The number of barbiturate groups is 1. The molecule has 0 saturated carbocycles. The van der Waals surface area contributed by atoms with Gasteiger partial charge in [0.2, 0.25) is 11.8 Å². The number of carbonyl (C=O) groups is 3. The molecule has 1 saturated heterocycles. The molecule has 1 aliphatic rings. The van der Waals surface area contributed by atoms with Crippen LogP contribution in [-0.4, -0.2) is 52.6 Å². The first-order chi connectivity index (χ1) is 16.2. The van der Waals surface area contributed by atoms with Crippen LogP contribution in [0.15, 0.2) is 36.4 Å². The summed E-state index contributed by atoms with van der Waals surface area (Å²) in [5.41, 5.74) is -1.52. The fourth-order valence-electron chi connectivity index (χ4n) is 3.49. The molecule has 1 fully saturated rings. The van der Waals surface area contributed by atoms with Crippen molar-refractivity contribution in [1.82, 2.24) is 9.80 Å². The largest absolute Gasteiger partial charge is 0.333 e. The minimum Gasteiger partial charge on any atom is -0.274 e. The minimum absolute atomic E-state index is 0.141. The molecule has 2 aromatic carbocycles. The Morgan fingerprint density at radius 3 is 1.40 bits per heavy atom. The Morgan fingerprint density at radius 1 is 0.657 bits per heavy atom. The second-order valence-electron chi connectivity index (χ2n) is 7.91. The molecule has 5 nitrogen and oxygen atoms in total. The van der Waals surface area contributed by atoms with Crippen LogP contribution in [0.1, 0.15) is 17.5 Å². The number of imide groups is 2. The zero-order chi connectivity index (χ0) is 26.1. The molecule has 2 aromatic rings. The number of halogens is 8. The summed E-state index contributed by atoms with van der Waals surface area (Å²) in [6.07, 6.45) is -4.06. The molecule has 0 atom stereocenters. The van der Waals surface area contributed by atoms with Gasteiger partial charge in [-0.1, -0.05) is 24.3 Å². The molecule has 13 heteroatoms. The number of hydrogen-bond donors (Lipinski definition) is 0. The monoisotopic (exact) mass is 508 g/mol. The van der Waals surface area contributed by atoms with Gasteiger partial charge in [0.15, 0.2) is 23.3 Å². The van der Waals surface area contributed by atoms with Crippen LogP contribution < -0.4 is 0 Å². The van der Waals surface area contributed by atoms with Gasteiger partial charge in [-0.05, 0) is 23.3 Å². The Bertz CT molecular complexity index is 1080. The normalized spacial score (nSPS) is 15.3. The van der Waals surface area contributed by atoms with E-state index in [2.05, 4.69) is 0 Å². The molecule has 0 N–H and O–H groups in total. The van der Waals surface area contributed by atoms with E-state index in [-0.39, 0.29) is 9.80 Å². The first kappa shape index (κ1) is 26.1. The topological polar surface area (TPSA) is 57.7 Å². The molecular formula is C22H16F8N2O3. The number of amides is 4. The fourth-order valence-corrected chi connectivity index (χ4v) is 3.49. The van der Waals surface area contributed by atoms with Gasteiger partial charge in [0.25, 0.3) is 11.8 Å². The molecule has 35 heavy (non-hydrogen) atoms. The van der Waals surface area contributed by atoms with E-state index in [1.165, 1.54) is 0 Å². The predicted octanol–water partition coefficient (Wildman–Crippen LogP) is 4.48. The highest BCUT2D eigenvalue weighted by molar-refractivity contribution is 6.14. The first-order valence-electron chi connectivity index (χ1n) is 9.97. The number of benzene rings is 2. The van der Waals surface area contributed by atoms with Gasteiger partial charge in [-0.3, -0.25) is 19.4 Å². The second kappa shape index (κ2) is 9.62. The molecule has 4 amide bonds. The molecule has 3 rings (SSSR count). The van der Waals surface area contributed by atoms with Gasteiger partial charge in [0, 0.05) is 12.8 Å². The second-order valence-corrected chi connectivity index (χ2v) is 7.91. The summed E-state index contributed by atoms with van der Waals surface area (Å²) in [5.74, 6) is -16.8. The van der Waals surface area contributed by atoms with Gasteiger partial charge in [0.05, 0.1) is 13.1 Å². The van der Waals surface area contributed by atoms with Gasteiger partial charge < -0.3 is 0 Å². The van der Waals surface area contributed by atoms with E-state index in [0.717, 1.165) is 24.3 Å². The van der Waals surface area contributed by atoms with Crippen LogP contribution in [0.2, 0.25) is 0 Å². The van der Waals surface area contributed by atoms with Crippen LogP contribution in [0.25, 0.3) is 0 Å².